The van der Waals surface area contributed by atoms with Gasteiger partial charge in [0.2, 0.25) is 0 Å². The molecule has 0 atom stereocenters. The van der Waals surface area contributed by atoms with E-state index in [1.54, 1.807) is 30.5 Å². The number of hydrogen-bond acceptors (Lipinski definition) is 5. The van der Waals surface area contributed by atoms with E-state index in [2.05, 4.69) is 21.9 Å². The number of pyridine rings is 1. The molecule has 0 saturated heterocycles. The van der Waals surface area contributed by atoms with E-state index in [4.69, 9.17) is 0 Å². The zero-order chi connectivity index (χ0) is 14.6. The molecule has 0 aromatic carbocycles. The first-order valence-corrected chi connectivity index (χ1v) is 8.57. The number of thiophene rings is 1. The quantitative estimate of drug-likeness (QED) is 0.858. The molecule has 108 valence electrons. The Hall–Kier alpha value is -1.44. The van der Waals surface area contributed by atoms with Gasteiger partial charge in [-0.2, -0.15) is 0 Å². The second-order valence-electron chi connectivity index (χ2n) is 4.15. The average molecular weight is 311 g/mol. The average Bonchev–Trinajstić information content (AvgIpc) is 2.93. The molecule has 0 fully saturated rings. The predicted octanol–water partition coefficient (Wildman–Crippen LogP) is 2.23. The van der Waals surface area contributed by atoms with Crippen LogP contribution in [0, 0.1) is 0 Å². The van der Waals surface area contributed by atoms with Crippen LogP contribution in [0.2, 0.25) is 0 Å². The van der Waals surface area contributed by atoms with Crippen LogP contribution in [0.25, 0.3) is 0 Å². The van der Waals surface area contributed by atoms with E-state index in [0.29, 0.717) is 5.69 Å². The minimum Gasteiger partial charge on any atom is -0.386 e. The Morgan fingerprint density at radius 2 is 2.00 bits per heavy atom. The van der Waals surface area contributed by atoms with Crippen LogP contribution in [-0.2, 0) is 23.0 Å². The molecule has 5 nitrogen and oxygen atoms in total. The maximum atomic E-state index is 12.3. The van der Waals surface area contributed by atoms with Crippen molar-refractivity contribution < 1.29 is 8.42 Å². The maximum Gasteiger partial charge on any atom is 0.260 e. The van der Waals surface area contributed by atoms with E-state index in [1.165, 1.54) is 11.1 Å². The van der Waals surface area contributed by atoms with Crippen molar-refractivity contribution in [2.45, 2.75) is 24.9 Å². The molecule has 2 rings (SSSR count). The van der Waals surface area contributed by atoms with Gasteiger partial charge in [0.1, 0.15) is 0 Å². The van der Waals surface area contributed by atoms with Crippen LogP contribution in [0.3, 0.4) is 0 Å². The second-order valence-corrected chi connectivity index (χ2v) is 7.09. The number of rotatable bonds is 6. The van der Waals surface area contributed by atoms with Crippen LogP contribution in [0.1, 0.15) is 16.7 Å². The summed E-state index contributed by atoms with van der Waals surface area (Å²) in [6.45, 7) is 2.36. The van der Waals surface area contributed by atoms with E-state index in [9.17, 15) is 8.42 Å². The minimum absolute atomic E-state index is 0.0229. The summed E-state index contributed by atoms with van der Waals surface area (Å²) in [5.74, 6) is 0. The highest BCUT2D eigenvalue weighted by molar-refractivity contribution is 7.89. The van der Waals surface area contributed by atoms with Crippen LogP contribution >= 0.6 is 11.3 Å². The fraction of sp³-hybridized carbons (Fsp3) is 0.308. The first kappa shape index (κ1) is 15.0. The minimum atomic E-state index is -3.62. The lowest BCUT2D eigenvalue weighted by molar-refractivity contribution is 0.578. The number of aromatic nitrogens is 1. The van der Waals surface area contributed by atoms with Gasteiger partial charge in [0.05, 0.1) is 5.69 Å². The topological polar surface area (TPSA) is 71.1 Å². The van der Waals surface area contributed by atoms with Gasteiger partial charge in [-0.15, -0.1) is 11.3 Å². The summed E-state index contributed by atoms with van der Waals surface area (Å²) in [7, 11) is -1.95. The molecule has 0 bridgehead atoms. The fourth-order valence-electron chi connectivity index (χ4n) is 1.74. The number of aryl methyl sites for hydroxylation is 1. The summed E-state index contributed by atoms with van der Waals surface area (Å²) in [6, 6.07) is 7.34. The second kappa shape index (κ2) is 6.34. The summed E-state index contributed by atoms with van der Waals surface area (Å²) >= 11 is 1.62. The van der Waals surface area contributed by atoms with Crippen molar-refractivity contribution in [3.05, 3.63) is 40.2 Å². The predicted molar refractivity (Wildman–Crippen MR) is 81.5 cm³/mol. The Morgan fingerprint density at radius 3 is 2.65 bits per heavy atom. The molecule has 0 radical (unpaired) electrons. The van der Waals surface area contributed by atoms with E-state index in [0.717, 1.165) is 11.3 Å². The van der Waals surface area contributed by atoms with Gasteiger partial charge in [-0.05, 0) is 30.7 Å². The first-order chi connectivity index (χ1) is 9.56. The molecule has 0 amide bonds. The molecule has 2 N–H and O–H groups in total. The number of hydrogen-bond donors (Lipinski definition) is 2. The lowest BCUT2D eigenvalue weighted by atomic mass is 10.4. The summed E-state index contributed by atoms with van der Waals surface area (Å²) < 4.78 is 27.1. The van der Waals surface area contributed by atoms with Crippen LogP contribution < -0.4 is 10.0 Å². The van der Waals surface area contributed by atoms with Gasteiger partial charge in [0, 0.05) is 29.5 Å². The number of sulfonamides is 1. The van der Waals surface area contributed by atoms with E-state index < -0.39 is 10.0 Å². The highest BCUT2D eigenvalue weighted by atomic mass is 32.2. The monoisotopic (exact) mass is 311 g/mol. The molecule has 2 aromatic rings. The number of anilines is 1. The van der Waals surface area contributed by atoms with Crippen LogP contribution in [0.5, 0.6) is 0 Å². The molecule has 2 heterocycles. The third-order valence-corrected chi connectivity index (χ3v) is 5.39. The van der Waals surface area contributed by atoms with Gasteiger partial charge >= 0.3 is 0 Å². The van der Waals surface area contributed by atoms with Crippen molar-refractivity contribution in [1.82, 2.24) is 9.71 Å². The molecule has 0 unspecified atom stereocenters. The highest BCUT2D eigenvalue weighted by Gasteiger charge is 2.19. The zero-order valence-electron chi connectivity index (χ0n) is 11.4. The summed E-state index contributed by atoms with van der Waals surface area (Å²) in [5, 5.41) is 2.86. The molecule has 0 aliphatic carbocycles. The van der Waals surface area contributed by atoms with Crippen LogP contribution in [0.15, 0.2) is 35.5 Å². The van der Waals surface area contributed by atoms with Crippen molar-refractivity contribution >= 4 is 27.0 Å². The SMILES string of the molecule is CCc1ccc(CNS(=O)(=O)c2ncccc2NC)s1. The molecule has 2 aromatic heterocycles. The first-order valence-electron chi connectivity index (χ1n) is 6.27. The lowest BCUT2D eigenvalue weighted by Gasteiger charge is -2.09. The summed E-state index contributed by atoms with van der Waals surface area (Å²) in [4.78, 5) is 6.18. The lowest BCUT2D eigenvalue weighted by Crippen LogP contribution is -2.24. The molecule has 7 heteroatoms. The van der Waals surface area contributed by atoms with E-state index in [1.807, 2.05) is 12.1 Å². The van der Waals surface area contributed by atoms with Crippen LogP contribution in [-0.4, -0.2) is 20.4 Å². The Kier molecular flexibility index (Phi) is 4.74. The van der Waals surface area contributed by atoms with Gasteiger partial charge in [-0.3, -0.25) is 0 Å². The van der Waals surface area contributed by atoms with Crippen molar-refractivity contribution in [3.63, 3.8) is 0 Å². The van der Waals surface area contributed by atoms with Crippen molar-refractivity contribution in [3.8, 4) is 0 Å². The molecular formula is C13H17N3O2S2. The highest BCUT2D eigenvalue weighted by Crippen LogP contribution is 2.20. The van der Waals surface area contributed by atoms with Crippen molar-refractivity contribution in [1.29, 1.82) is 0 Å². The fourth-order valence-corrected chi connectivity index (χ4v) is 3.87. The maximum absolute atomic E-state index is 12.3. The van der Waals surface area contributed by atoms with Gasteiger partial charge in [-0.25, -0.2) is 18.1 Å². The number of nitrogens with zero attached hydrogens (tertiary/aromatic N) is 1. The Morgan fingerprint density at radius 1 is 1.25 bits per heavy atom. The van der Waals surface area contributed by atoms with E-state index in [-0.39, 0.29) is 11.6 Å². The molecule has 0 aliphatic rings. The smallest absolute Gasteiger partial charge is 0.260 e. The van der Waals surface area contributed by atoms with Crippen molar-refractivity contribution in [2.24, 2.45) is 0 Å². The number of nitrogens with one attached hydrogen (secondary N) is 2. The van der Waals surface area contributed by atoms with Gasteiger partial charge in [0.25, 0.3) is 10.0 Å². The zero-order valence-corrected chi connectivity index (χ0v) is 13.0. The van der Waals surface area contributed by atoms with Crippen LogP contribution in [0.4, 0.5) is 5.69 Å². The Labute approximate surface area is 123 Å². The Balaban J connectivity index is 2.15. The normalized spacial score (nSPS) is 11.5. The summed E-state index contributed by atoms with van der Waals surface area (Å²) in [6.07, 6.45) is 2.43. The Bertz CT molecular complexity index is 680. The molecule has 0 spiro atoms. The largest absolute Gasteiger partial charge is 0.386 e. The molecule has 0 aliphatic heterocycles. The summed E-state index contributed by atoms with van der Waals surface area (Å²) in [5.41, 5.74) is 0.487. The molecule has 20 heavy (non-hydrogen) atoms. The van der Waals surface area contributed by atoms with E-state index >= 15 is 0 Å². The van der Waals surface area contributed by atoms with Gasteiger partial charge in [0.15, 0.2) is 5.03 Å². The van der Waals surface area contributed by atoms with Gasteiger partial charge < -0.3 is 5.32 Å². The van der Waals surface area contributed by atoms with Gasteiger partial charge in [-0.1, -0.05) is 6.92 Å². The molecule has 0 saturated carbocycles. The standard InChI is InChI=1S/C13H17N3O2S2/c1-3-10-6-7-11(19-10)9-16-20(17,18)13-12(14-2)5-4-8-15-13/h4-8,14,16H,3,9H2,1-2H3. The third-order valence-electron chi connectivity index (χ3n) is 2.80. The van der Waals surface area contributed by atoms with Crippen molar-refractivity contribution in [2.75, 3.05) is 12.4 Å². The third kappa shape index (κ3) is 3.36. The molecular weight excluding hydrogens is 294 g/mol.